The molecule has 0 bridgehead atoms. The van der Waals surface area contributed by atoms with E-state index in [4.69, 9.17) is 10.5 Å². The third-order valence-electron chi connectivity index (χ3n) is 2.39. The summed E-state index contributed by atoms with van der Waals surface area (Å²) in [5, 5.41) is 0. The summed E-state index contributed by atoms with van der Waals surface area (Å²) >= 11 is 0. The Labute approximate surface area is 105 Å². The Morgan fingerprint density at radius 3 is 2.67 bits per heavy atom. The standard InChI is InChI=1S/C14H15FN2O/c1-9(2)18-12-5-10(7-17-8-12)13-4-3-11(16)6-14(13)15/h3-9H,16H2,1-2H3. The van der Waals surface area contributed by atoms with E-state index in [2.05, 4.69) is 4.98 Å². The maximum Gasteiger partial charge on any atom is 0.138 e. The topological polar surface area (TPSA) is 48.1 Å². The zero-order chi connectivity index (χ0) is 13.1. The Morgan fingerprint density at radius 1 is 1.22 bits per heavy atom. The normalized spacial score (nSPS) is 10.7. The predicted octanol–water partition coefficient (Wildman–Crippen LogP) is 3.26. The van der Waals surface area contributed by atoms with Crippen LogP contribution in [0, 0.1) is 5.82 Å². The number of hydrogen-bond acceptors (Lipinski definition) is 3. The summed E-state index contributed by atoms with van der Waals surface area (Å²) in [5.41, 5.74) is 7.06. The van der Waals surface area contributed by atoms with Crippen LogP contribution in [-0.4, -0.2) is 11.1 Å². The highest BCUT2D eigenvalue weighted by Crippen LogP contribution is 2.26. The number of benzene rings is 1. The zero-order valence-electron chi connectivity index (χ0n) is 10.4. The van der Waals surface area contributed by atoms with Gasteiger partial charge in [0.1, 0.15) is 11.6 Å². The van der Waals surface area contributed by atoms with E-state index in [9.17, 15) is 4.39 Å². The molecule has 0 saturated carbocycles. The number of ether oxygens (including phenoxy) is 1. The molecule has 18 heavy (non-hydrogen) atoms. The van der Waals surface area contributed by atoms with Gasteiger partial charge in [-0.3, -0.25) is 4.98 Å². The summed E-state index contributed by atoms with van der Waals surface area (Å²) in [6.45, 7) is 3.85. The SMILES string of the molecule is CC(C)Oc1cncc(-c2ccc(N)cc2F)c1. The van der Waals surface area contributed by atoms with E-state index < -0.39 is 0 Å². The van der Waals surface area contributed by atoms with Gasteiger partial charge in [-0.25, -0.2) is 4.39 Å². The van der Waals surface area contributed by atoms with Gasteiger partial charge in [0.05, 0.1) is 12.3 Å². The Hall–Kier alpha value is -2.10. The Bertz CT molecular complexity index is 555. The van der Waals surface area contributed by atoms with Crippen molar-refractivity contribution in [3.63, 3.8) is 0 Å². The quantitative estimate of drug-likeness (QED) is 0.845. The van der Waals surface area contributed by atoms with Gasteiger partial charge in [0.25, 0.3) is 0 Å². The van der Waals surface area contributed by atoms with Gasteiger partial charge in [-0.2, -0.15) is 0 Å². The smallest absolute Gasteiger partial charge is 0.138 e. The van der Waals surface area contributed by atoms with Crippen LogP contribution in [0.25, 0.3) is 11.1 Å². The van der Waals surface area contributed by atoms with Gasteiger partial charge in [-0.05, 0) is 38.1 Å². The van der Waals surface area contributed by atoms with Gasteiger partial charge in [0.15, 0.2) is 0 Å². The van der Waals surface area contributed by atoms with Crippen molar-refractivity contribution in [3.05, 3.63) is 42.5 Å². The molecule has 2 N–H and O–H groups in total. The molecule has 3 nitrogen and oxygen atoms in total. The first-order valence-corrected chi connectivity index (χ1v) is 5.73. The highest BCUT2D eigenvalue weighted by molar-refractivity contribution is 5.66. The lowest BCUT2D eigenvalue weighted by molar-refractivity contribution is 0.241. The molecule has 1 aromatic carbocycles. The number of nitrogens with two attached hydrogens (primary N) is 1. The molecule has 0 aliphatic rings. The Kier molecular flexibility index (Phi) is 3.46. The molecule has 0 radical (unpaired) electrons. The molecule has 0 spiro atoms. The molecular weight excluding hydrogens is 231 g/mol. The monoisotopic (exact) mass is 246 g/mol. The minimum absolute atomic E-state index is 0.0540. The highest BCUT2D eigenvalue weighted by atomic mass is 19.1. The highest BCUT2D eigenvalue weighted by Gasteiger charge is 2.07. The van der Waals surface area contributed by atoms with Crippen LogP contribution >= 0.6 is 0 Å². The van der Waals surface area contributed by atoms with Crippen molar-refractivity contribution >= 4 is 5.69 Å². The minimum Gasteiger partial charge on any atom is -0.489 e. The van der Waals surface area contributed by atoms with E-state index in [1.165, 1.54) is 6.07 Å². The van der Waals surface area contributed by atoms with Gasteiger partial charge in [-0.1, -0.05) is 0 Å². The molecule has 2 aromatic rings. The number of hydrogen-bond donors (Lipinski definition) is 1. The van der Waals surface area contributed by atoms with Crippen LogP contribution in [-0.2, 0) is 0 Å². The average Bonchev–Trinajstić information content (AvgIpc) is 2.28. The van der Waals surface area contributed by atoms with E-state index in [1.54, 1.807) is 30.6 Å². The van der Waals surface area contributed by atoms with Crippen molar-refractivity contribution in [1.29, 1.82) is 0 Å². The molecular formula is C14H15FN2O. The van der Waals surface area contributed by atoms with Crippen LogP contribution in [0.5, 0.6) is 5.75 Å². The molecule has 1 aromatic heterocycles. The zero-order valence-corrected chi connectivity index (χ0v) is 10.4. The Balaban J connectivity index is 2.38. The lowest BCUT2D eigenvalue weighted by atomic mass is 10.1. The van der Waals surface area contributed by atoms with Crippen LogP contribution < -0.4 is 10.5 Å². The number of halogens is 1. The number of aromatic nitrogens is 1. The largest absolute Gasteiger partial charge is 0.489 e. The molecule has 0 unspecified atom stereocenters. The molecule has 2 rings (SSSR count). The van der Waals surface area contributed by atoms with Crippen LogP contribution in [0.1, 0.15) is 13.8 Å². The lowest BCUT2D eigenvalue weighted by Gasteiger charge is -2.10. The average molecular weight is 246 g/mol. The van der Waals surface area contributed by atoms with Gasteiger partial charge in [0, 0.05) is 23.0 Å². The molecule has 1 heterocycles. The molecule has 0 fully saturated rings. The van der Waals surface area contributed by atoms with E-state index in [1.807, 2.05) is 13.8 Å². The van der Waals surface area contributed by atoms with Crippen molar-refractivity contribution in [3.8, 4) is 16.9 Å². The van der Waals surface area contributed by atoms with Crippen molar-refractivity contribution in [1.82, 2.24) is 4.98 Å². The number of nitrogens with zero attached hydrogens (tertiary/aromatic N) is 1. The maximum atomic E-state index is 13.8. The van der Waals surface area contributed by atoms with E-state index >= 15 is 0 Å². The second kappa shape index (κ2) is 5.04. The third-order valence-corrected chi connectivity index (χ3v) is 2.39. The fourth-order valence-corrected chi connectivity index (χ4v) is 1.67. The molecule has 0 amide bonds. The van der Waals surface area contributed by atoms with Gasteiger partial charge >= 0.3 is 0 Å². The van der Waals surface area contributed by atoms with Crippen LogP contribution in [0.4, 0.5) is 10.1 Å². The number of nitrogen functional groups attached to an aromatic ring is 1. The summed E-state index contributed by atoms with van der Waals surface area (Å²) in [6, 6.07) is 6.36. The number of anilines is 1. The molecule has 0 atom stereocenters. The summed E-state index contributed by atoms with van der Waals surface area (Å²) in [6.07, 6.45) is 3.26. The van der Waals surface area contributed by atoms with Gasteiger partial charge < -0.3 is 10.5 Å². The van der Waals surface area contributed by atoms with Crippen LogP contribution in [0.3, 0.4) is 0 Å². The third kappa shape index (κ3) is 2.77. The van der Waals surface area contributed by atoms with E-state index in [0.717, 1.165) is 0 Å². The maximum absolute atomic E-state index is 13.8. The first-order chi connectivity index (χ1) is 8.56. The molecule has 0 aliphatic heterocycles. The molecule has 4 heteroatoms. The van der Waals surface area contributed by atoms with E-state index in [0.29, 0.717) is 22.6 Å². The van der Waals surface area contributed by atoms with E-state index in [-0.39, 0.29) is 11.9 Å². The van der Waals surface area contributed by atoms with Crippen molar-refractivity contribution in [2.45, 2.75) is 20.0 Å². The Morgan fingerprint density at radius 2 is 2.00 bits per heavy atom. The van der Waals surface area contributed by atoms with Crippen molar-refractivity contribution < 1.29 is 9.13 Å². The van der Waals surface area contributed by atoms with Gasteiger partial charge in [-0.15, -0.1) is 0 Å². The predicted molar refractivity (Wildman–Crippen MR) is 69.8 cm³/mol. The number of rotatable bonds is 3. The second-order valence-electron chi connectivity index (χ2n) is 4.32. The molecule has 0 aliphatic carbocycles. The first-order valence-electron chi connectivity index (χ1n) is 5.73. The summed E-state index contributed by atoms with van der Waals surface area (Å²) < 4.78 is 19.3. The van der Waals surface area contributed by atoms with Gasteiger partial charge in [0.2, 0.25) is 0 Å². The lowest BCUT2D eigenvalue weighted by Crippen LogP contribution is -2.05. The molecule has 94 valence electrons. The summed E-state index contributed by atoms with van der Waals surface area (Å²) in [7, 11) is 0. The number of pyridine rings is 1. The summed E-state index contributed by atoms with van der Waals surface area (Å²) in [5.74, 6) is 0.261. The minimum atomic E-state index is -0.363. The fourth-order valence-electron chi connectivity index (χ4n) is 1.67. The van der Waals surface area contributed by atoms with Crippen molar-refractivity contribution in [2.75, 3.05) is 5.73 Å². The van der Waals surface area contributed by atoms with Crippen LogP contribution in [0.15, 0.2) is 36.7 Å². The fraction of sp³-hybridized carbons (Fsp3) is 0.214. The molecule has 0 saturated heterocycles. The second-order valence-corrected chi connectivity index (χ2v) is 4.32. The van der Waals surface area contributed by atoms with Crippen LogP contribution in [0.2, 0.25) is 0 Å². The summed E-state index contributed by atoms with van der Waals surface area (Å²) in [4.78, 5) is 4.05. The van der Waals surface area contributed by atoms with Crippen molar-refractivity contribution in [2.24, 2.45) is 0 Å². The first kappa shape index (κ1) is 12.4.